The quantitative estimate of drug-likeness (QED) is 0.829. The fourth-order valence-electron chi connectivity index (χ4n) is 1.75. The van der Waals surface area contributed by atoms with Gasteiger partial charge in [0.25, 0.3) is 0 Å². The van der Waals surface area contributed by atoms with Crippen LogP contribution in [0.3, 0.4) is 0 Å². The lowest BCUT2D eigenvalue weighted by atomic mass is 10.1. The summed E-state index contributed by atoms with van der Waals surface area (Å²) in [7, 11) is 0. The van der Waals surface area contributed by atoms with Crippen LogP contribution in [0.2, 0.25) is 0 Å². The zero-order valence-corrected chi connectivity index (χ0v) is 10.0. The van der Waals surface area contributed by atoms with Crippen molar-refractivity contribution in [3.05, 3.63) is 59.5 Å². The number of nitrogens with one attached hydrogen (secondary N) is 1. The summed E-state index contributed by atoms with van der Waals surface area (Å²) in [6.07, 6.45) is 0. The molecule has 0 aliphatic heterocycles. The van der Waals surface area contributed by atoms with Gasteiger partial charge >= 0.3 is 0 Å². The van der Waals surface area contributed by atoms with E-state index in [1.54, 1.807) is 0 Å². The summed E-state index contributed by atoms with van der Waals surface area (Å²) < 4.78 is 5.47. The van der Waals surface area contributed by atoms with Crippen molar-refractivity contribution in [1.29, 1.82) is 0 Å². The Morgan fingerprint density at radius 1 is 1.18 bits per heavy atom. The molecule has 3 N–H and O–H groups in total. The molecule has 1 heterocycles. The number of hydrogen-bond acceptors (Lipinski definition) is 3. The Bertz CT molecular complexity index is 450. The summed E-state index contributed by atoms with van der Waals surface area (Å²) >= 11 is 0. The van der Waals surface area contributed by atoms with E-state index in [1.165, 1.54) is 0 Å². The second-order valence-corrected chi connectivity index (χ2v) is 4.16. The van der Waals surface area contributed by atoms with Crippen LogP contribution in [-0.4, -0.2) is 6.54 Å². The van der Waals surface area contributed by atoms with E-state index in [-0.39, 0.29) is 6.04 Å². The molecule has 3 nitrogen and oxygen atoms in total. The van der Waals surface area contributed by atoms with Crippen LogP contribution in [-0.2, 0) is 6.54 Å². The second-order valence-electron chi connectivity index (χ2n) is 4.16. The molecule has 0 aliphatic rings. The number of hydrogen-bond donors (Lipinski definition) is 2. The number of nitrogens with two attached hydrogens (primary N) is 1. The molecule has 0 aliphatic carbocycles. The van der Waals surface area contributed by atoms with Crippen molar-refractivity contribution in [2.24, 2.45) is 5.73 Å². The van der Waals surface area contributed by atoms with Gasteiger partial charge in [0.1, 0.15) is 11.5 Å². The van der Waals surface area contributed by atoms with Crippen LogP contribution >= 0.6 is 0 Å². The predicted octanol–water partition coefficient (Wildman–Crippen LogP) is 2.38. The predicted molar refractivity (Wildman–Crippen MR) is 68.5 cm³/mol. The highest BCUT2D eigenvalue weighted by atomic mass is 16.3. The summed E-state index contributed by atoms with van der Waals surface area (Å²) in [4.78, 5) is 0. The third kappa shape index (κ3) is 3.44. The topological polar surface area (TPSA) is 51.2 Å². The minimum Gasteiger partial charge on any atom is -0.465 e. The highest BCUT2D eigenvalue weighted by Crippen LogP contribution is 2.09. The van der Waals surface area contributed by atoms with Crippen LogP contribution in [0.15, 0.2) is 46.9 Å². The van der Waals surface area contributed by atoms with Gasteiger partial charge < -0.3 is 15.5 Å². The van der Waals surface area contributed by atoms with E-state index in [4.69, 9.17) is 10.2 Å². The molecule has 17 heavy (non-hydrogen) atoms. The molecular formula is C14H18N2O. The van der Waals surface area contributed by atoms with Gasteiger partial charge in [-0.2, -0.15) is 0 Å². The largest absolute Gasteiger partial charge is 0.465 e. The maximum atomic E-state index is 6.07. The maximum Gasteiger partial charge on any atom is 0.117 e. The highest BCUT2D eigenvalue weighted by molar-refractivity contribution is 5.18. The van der Waals surface area contributed by atoms with Gasteiger partial charge in [-0.05, 0) is 24.6 Å². The van der Waals surface area contributed by atoms with Crippen molar-refractivity contribution in [2.75, 3.05) is 6.54 Å². The molecular weight excluding hydrogens is 212 g/mol. The Morgan fingerprint density at radius 3 is 2.59 bits per heavy atom. The van der Waals surface area contributed by atoms with Crippen molar-refractivity contribution in [1.82, 2.24) is 5.32 Å². The molecule has 1 aromatic heterocycles. The molecule has 1 unspecified atom stereocenters. The average molecular weight is 230 g/mol. The lowest BCUT2D eigenvalue weighted by Crippen LogP contribution is -2.26. The van der Waals surface area contributed by atoms with Crippen molar-refractivity contribution in [3.63, 3.8) is 0 Å². The first-order chi connectivity index (χ1) is 8.25. The molecule has 1 atom stereocenters. The lowest BCUT2D eigenvalue weighted by Gasteiger charge is -2.12. The lowest BCUT2D eigenvalue weighted by molar-refractivity contribution is 0.455. The van der Waals surface area contributed by atoms with Gasteiger partial charge in [-0.25, -0.2) is 0 Å². The smallest absolute Gasteiger partial charge is 0.117 e. The SMILES string of the molecule is Cc1ccc(CNCC(N)c2ccccc2)o1. The van der Waals surface area contributed by atoms with Crippen molar-refractivity contribution >= 4 is 0 Å². The third-order valence-electron chi connectivity index (χ3n) is 2.69. The van der Waals surface area contributed by atoms with Gasteiger partial charge in [0.05, 0.1) is 6.54 Å². The Labute approximate surface area is 102 Å². The summed E-state index contributed by atoms with van der Waals surface area (Å²) in [5.41, 5.74) is 7.22. The van der Waals surface area contributed by atoms with E-state index in [0.29, 0.717) is 6.54 Å². The number of aryl methyl sites for hydroxylation is 1. The Morgan fingerprint density at radius 2 is 1.94 bits per heavy atom. The van der Waals surface area contributed by atoms with Crippen LogP contribution in [0, 0.1) is 6.92 Å². The third-order valence-corrected chi connectivity index (χ3v) is 2.69. The van der Waals surface area contributed by atoms with Crippen LogP contribution in [0.5, 0.6) is 0 Å². The first kappa shape index (κ1) is 11.9. The number of furan rings is 1. The normalized spacial score (nSPS) is 12.6. The van der Waals surface area contributed by atoms with Gasteiger partial charge in [-0.1, -0.05) is 30.3 Å². The fourth-order valence-corrected chi connectivity index (χ4v) is 1.75. The van der Waals surface area contributed by atoms with Crippen LogP contribution in [0.25, 0.3) is 0 Å². The molecule has 0 amide bonds. The summed E-state index contributed by atoms with van der Waals surface area (Å²) in [6, 6.07) is 14.1. The van der Waals surface area contributed by atoms with Crippen LogP contribution < -0.4 is 11.1 Å². The minimum absolute atomic E-state index is 0.0206. The van der Waals surface area contributed by atoms with E-state index < -0.39 is 0 Å². The maximum absolute atomic E-state index is 6.07. The Balaban J connectivity index is 1.79. The van der Waals surface area contributed by atoms with Gasteiger partial charge in [-0.15, -0.1) is 0 Å². The van der Waals surface area contributed by atoms with Gasteiger partial charge in [-0.3, -0.25) is 0 Å². The standard InChI is InChI=1S/C14H18N2O/c1-11-7-8-13(17-11)9-16-10-14(15)12-5-3-2-4-6-12/h2-8,14,16H,9-10,15H2,1H3. The average Bonchev–Trinajstić information content (AvgIpc) is 2.76. The van der Waals surface area contributed by atoms with Gasteiger partial charge in [0.15, 0.2) is 0 Å². The molecule has 2 aromatic rings. The van der Waals surface area contributed by atoms with Gasteiger partial charge in [0, 0.05) is 12.6 Å². The number of benzene rings is 1. The molecule has 90 valence electrons. The summed E-state index contributed by atoms with van der Waals surface area (Å²) in [5, 5.41) is 3.29. The summed E-state index contributed by atoms with van der Waals surface area (Å²) in [6.45, 7) is 3.40. The Hall–Kier alpha value is -1.58. The zero-order valence-electron chi connectivity index (χ0n) is 10.0. The van der Waals surface area contributed by atoms with Crippen LogP contribution in [0.4, 0.5) is 0 Å². The fraction of sp³-hybridized carbons (Fsp3) is 0.286. The molecule has 1 aromatic carbocycles. The molecule has 2 rings (SSSR count). The minimum atomic E-state index is 0.0206. The van der Waals surface area contributed by atoms with E-state index in [1.807, 2.05) is 49.4 Å². The molecule has 0 bridgehead atoms. The first-order valence-electron chi connectivity index (χ1n) is 5.82. The Kier molecular flexibility index (Phi) is 3.96. The summed E-state index contributed by atoms with van der Waals surface area (Å²) in [5.74, 6) is 1.89. The molecule has 0 saturated heterocycles. The zero-order chi connectivity index (χ0) is 12.1. The second kappa shape index (κ2) is 5.66. The van der Waals surface area contributed by atoms with E-state index >= 15 is 0 Å². The van der Waals surface area contributed by atoms with E-state index in [2.05, 4.69) is 5.32 Å². The first-order valence-corrected chi connectivity index (χ1v) is 5.82. The van der Waals surface area contributed by atoms with E-state index in [0.717, 1.165) is 23.6 Å². The molecule has 3 heteroatoms. The van der Waals surface area contributed by atoms with Crippen molar-refractivity contribution in [3.8, 4) is 0 Å². The van der Waals surface area contributed by atoms with Crippen LogP contribution in [0.1, 0.15) is 23.1 Å². The molecule has 0 radical (unpaired) electrons. The molecule has 0 fully saturated rings. The monoisotopic (exact) mass is 230 g/mol. The van der Waals surface area contributed by atoms with Crippen molar-refractivity contribution < 1.29 is 4.42 Å². The van der Waals surface area contributed by atoms with Gasteiger partial charge in [0.2, 0.25) is 0 Å². The molecule has 0 saturated carbocycles. The number of rotatable bonds is 5. The van der Waals surface area contributed by atoms with Crippen molar-refractivity contribution in [2.45, 2.75) is 19.5 Å². The van der Waals surface area contributed by atoms with E-state index in [9.17, 15) is 0 Å². The highest BCUT2D eigenvalue weighted by Gasteiger charge is 2.05. The molecule has 0 spiro atoms.